The second-order valence-electron chi connectivity index (χ2n) is 4.60. The molecule has 0 spiro atoms. The standard InChI is InChI=1S/C15H19N3O2S/c1-2-20-14(19)11-18(9-12-6-4-3-5-7-12)10-13-8-17-15(16)21-13/h3-8H,2,9-11H2,1H3,(H2,16,17). The van der Waals surface area contributed by atoms with Crippen molar-refractivity contribution in [3.63, 3.8) is 0 Å². The van der Waals surface area contributed by atoms with Gasteiger partial charge in [0.15, 0.2) is 5.13 Å². The number of carbonyl (C=O) groups is 1. The number of hydrogen-bond donors (Lipinski definition) is 1. The van der Waals surface area contributed by atoms with Crippen LogP contribution in [0.5, 0.6) is 0 Å². The van der Waals surface area contributed by atoms with Crippen LogP contribution in [-0.4, -0.2) is 29.0 Å². The molecule has 0 fully saturated rings. The predicted molar refractivity (Wildman–Crippen MR) is 83.7 cm³/mol. The van der Waals surface area contributed by atoms with Crippen LogP contribution in [-0.2, 0) is 22.6 Å². The van der Waals surface area contributed by atoms with Crippen LogP contribution in [0.4, 0.5) is 5.13 Å². The summed E-state index contributed by atoms with van der Waals surface area (Å²) in [5.41, 5.74) is 6.81. The van der Waals surface area contributed by atoms with Gasteiger partial charge in [-0.05, 0) is 12.5 Å². The monoisotopic (exact) mass is 305 g/mol. The Kier molecular flexibility index (Phi) is 5.71. The van der Waals surface area contributed by atoms with Gasteiger partial charge in [0, 0.05) is 24.2 Å². The third-order valence-corrected chi connectivity index (χ3v) is 3.67. The molecule has 1 aromatic carbocycles. The summed E-state index contributed by atoms with van der Waals surface area (Å²) in [4.78, 5) is 18.8. The molecule has 0 bridgehead atoms. The van der Waals surface area contributed by atoms with E-state index in [0.29, 0.717) is 24.8 Å². The van der Waals surface area contributed by atoms with Gasteiger partial charge in [-0.1, -0.05) is 30.3 Å². The molecule has 2 aromatic rings. The van der Waals surface area contributed by atoms with Crippen LogP contribution in [0.25, 0.3) is 0 Å². The number of nitrogens with zero attached hydrogens (tertiary/aromatic N) is 2. The normalized spacial score (nSPS) is 10.8. The lowest BCUT2D eigenvalue weighted by atomic mass is 10.2. The van der Waals surface area contributed by atoms with Crippen LogP contribution in [0, 0.1) is 0 Å². The van der Waals surface area contributed by atoms with Gasteiger partial charge >= 0.3 is 5.97 Å². The average molecular weight is 305 g/mol. The van der Waals surface area contributed by atoms with Gasteiger partial charge < -0.3 is 10.5 Å². The van der Waals surface area contributed by atoms with E-state index >= 15 is 0 Å². The largest absolute Gasteiger partial charge is 0.465 e. The van der Waals surface area contributed by atoms with E-state index < -0.39 is 0 Å². The number of nitrogen functional groups attached to an aromatic ring is 1. The molecule has 5 nitrogen and oxygen atoms in total. The molecule has 2 N–H and O–H groups in total. The number of rotatable bonds is 7. The summed E-state index contributed by atoms with van der Waals surface area (Å²) < 4.78 is 5.04. The fourth-order valence-electron chi connectivity index (χ4n) is 2.01. The molecule has 0 saturated heterocycles. The molecule has 1 aromatic heterocycles. The lowest BCUT2D eigenvalue weighted by molar-refractivity contribution is -0.144. The Labute approximate surface area is 128 Å². The highest BCUT2D eigenvalue weighted by Crippen LogP contribution is 2.18. The minimum atomic E-state index is -0.217. The van der Waals surface area contributed by atoms with E-state index in [2.05, 4.69) is 4.98 Å². The van der Waals surface area contributed by atoms with E-state index in [1.54, 1.807) is 6.20 Å². The fourth-order valence-corrected chi connectivity index (χ4v) is 2.74. The molecule has 6 heteroatoms. The van der Waals surface area contributed by atoms with Gasteiger partial charge in [0.2, 0.25) is 0 Å². The molecular formula is C15H19N3O2S. The topological polar surface area (TPSA) is 68.5 Å². The first kappa shape index (κ1) is 15.5. The van der Waals surface area contributed by atoms with Crippen LogP contribution >= 0.6 is 11.3 Å². The molecule has 1 heterocycles. The minimum Gasteiger partial charge on any atom is -0.465 e. The van der Waals surface area contributed by atoms with Crippen LogP contribution < -0.4 is 5.73 Å². The highest BCUT2D eigenvalue weighted by Gasteiger charge is 2.14. The second kappa shape index (κ2) is 7.75. The number of hydrogen-bond acceptors (Lipinski definition) is 6. The van der Waals surface area contributed by atoms with Gasteiger partial charge in [-0.3, -0.25) is 9.69 Å². The summed E-state index contributed by atoms with van der Waals surface area (Å²) in [6.45, 7) is 3.76. The SMILES string of the molecule is CCOC(=O)CN(Cc1ccccc1)Cc1cnc(N)s1. The average Bonchev–Trinajstić information content (AvgIpc) is 2.85. The lowest BCUT2D eigenvalue weighted by Crippen LogP contribution is -2.30. The molecule has 0 saturated carbocycles. The van der Waals surface area contributed by atoms with Crippen molar-refractivity contribution in [2.24, 2.45) is 0 Å². The number of carbonyl (C=O) groups excluding carboxylic acids is 1. The third kappa shape index (κ3) is 5.17. The van der Waals surface area contributed by atoms with E-state index in [1.807, 2.05) is 42.2 Å². The van der Waals surface area contributed by atoms with Crippen molar-refractivity contribution in [3.05, 3.63) is 47.0 Å². The molecule has 2 rings (SSSR count). The van der Waals surface area contributed by atoms with Crippen molar-refractivity contribution in [1.82, 2.24) is 9.88 Å². The molecule has 0 aliphatic rings. The van der Waals surface area contributed by atoms with Gasteiger partial charge in [0.25, 0.3) is 0 Å². The molecule has 21 heavy (non-hydrogen) atoms. The van der Waals surface area contributed by atoms with Crippen molar-refractivity contribution in [2.75, 3.05) is 18.9 Å². The van der Waals surface area contributed by atoms with E-state index in [1.165, 1.54) is 11.3 Å². The Hall–Kier alpha value is -1.92. The van der Waals surface area contributed by atoms with Crippen molar-refractivity contribution in [2.45, 2.75) is 20.0 Å². The summed E-state index contributed by atoms with van der Waals surface area (Å²) in [7, 11) is 0. The van der Waals surface area contributed by atoms with Crippen LogP contribution in [0.3, 0.4) is 0 Å². The summed E-state index contributed by atoms with van der Waals surface area (Å²) >= 11 is 1.44. The van der Waals surface area contributed by atoms with Gasteiger partial charge in [-0.15, -0.1) is 11.3 Å². The van der Waals surface area contributed by atoms with Crippen molar-refractivity contribution < 1.29 is 9.53 Å². The number of aromatic nitrogens is 1. The zero-order chi connectivity index (χ0) is 15.1. The molecule has 0 aliphatic carbocycles. The summed E-state index contributed by atoms with van der Waals surface area (Å²) in [6, 6.07) is 10.0. The maximum atomic E-state index is 11.7. The molecular weight excluding hydrogens is 286 g/mol. The Balaban J connectivity index is 2.04. The number of thiazole rings is 1. The maximum Gasteiger partial charge on any atom is 0.320 e. The summed E-state index contributed by atoms with van der Waals surface area (Å²) in [6.07, 6.45) is 1.75. The quantitative estimate of drug-likeness (QED) is 0.795. The number of anilines is 1. The Morgan fingerprint density at radius 2 is 2.10 bits per heavy atom. The molecule has 0 unspecified atom stereocenters. The van der Waals surface area contributed by atoms with E-state index in [0.717, 1.165) is 10.4 Å². The molecule has 112 valence electrons. The molecule has 0 radical (unpaired) electrons. The van der Waals surface area contributed by atoms with Crippen molar-refractivity contribution >= 4 is 22.4 Å². The number of esters is 1. The first-order valence-corrected chi connectivity index (χ1v) is 7.61. The Morgan fingerprint density at radius 1 is 1.33 bits per heavy atom. The minimum absolute atomic E-state index is 0.217. The Morgan fingerprint density at radius 3 is 2.71 bits per heavy atom. The first-order valence-electron chi connectivity index (χ1n) is 6.79. The van der Waals surface area contributed by atoms with E-state index in [4.69, 9.17) is 10.5 Å². The summed E-state index contributed by atoms with van der Waals surface area (Å²) in [5.74, 6) is -0.217. The first-order chi connectivity index (χ1) is 10.2. The highest BCUT2D eigenvalue weighted by atomic mass is 32.1. The number of benzene rings is 1. The van der Waals surface area contributed by atoms with Crippen molar-refractivity contribution in [3.8, 4) is 0 Å². The molecule has 0 atom stereocenters. The van der Waals surface area contributed by atoms with Crippen LogP contribution in [0.1, 0.15) is 17.4 Å². The van der Waals surface area contributed by atoms with Gasteiger partial charge in [0.1, 0.15) is 0 Å². The third-order valence-electron chi connectivity index (χ3n) is 2.86. The number of ether oxygens (including phenoxy) is 1. The summed E-state index contributed by atoms with van der Waals surface area (Å²) in [5, 5.41) is 0.542. The predicted octanol–water partition coefficient (Wildman–Crippen LogP) is 2.29. The lowest BCUT2D eigenvalue weighted by Gasteiger charge is -2.20. The van der Waals surface area contributed by atoms with Gasteiger partial charge in [0.05, 0.1) is 13.2 Å². The van der Waals surface area contributed by atoms with Crippen LogP contribution in [0.2, 0.25) is 0 Å². The smallest absolute Gasteiger partial charge is 0.320 e. The molecule has 0 aliphatic heterocycles. The zero-order valence-corrected chi connectivity index (χ0v) is 12.8. The van der Waals surface area contributed by atoms with Crippen LogP contribution in [0.15, 0.2) is 36.5 Å². The highest BCUT2D eigenvalue weighted by molar-refractivity contribution is 7.15. The Bertz CT molecular complexity index is 571. The maximum absolute atomic E-state index is 11.7. The van der Waals surface area contributed by atoms with Crippen molar-refractivity contribution in [1.29, 1.82) is 0 Å². The fraction of sp³-hybridized carbons (Fsp3) is 0.333. The zero-order valence-electron chi connectivity index (χ0n) is 12.0. The molecule has 0 amide bonds. The van der Waals surface area contributed by atoms with Gasteiger partial charge in [-0.25, -0.2) is 4.98 Å². The van der Waals surface area contributed by atoms with E-state index in [-0.39, 0.29) is 12.5 Å². The van der Waals surface area contributed by atoms with E-state index in [9.17, 15) is 4.79 Å². The second-order valence-corrected chi connectivity index (χ2v) is 5.75. The van der Waals surface area contributed by atoms with Gasteiger partial charge in [-0.2, -0.15) is 0 Å². The number of nitrogens with two attached hydrogens (primary N) is 1.